The molecular weight excluding hydrogens is 559 g/mol. The summed E-state index contributed by atoms with van der Waals surface area (Å²) in [5.41, 5.74) is 0.121. The van der Waals surface area contributed by atoms with Gasteiger partial charge in [0.05, 0.1) is 31.9 Å². The minimum atomic E-state index is -4.25. The number of sulfonamides is 1. The maximum atomic E-state index is 13.8. The van der Waals surface area contributed by atoms with Crippen LogP contribution in [0.4, 0.5) is 5.69 Å². The summed E-state index contributed by atoms with van der Waals surface area (Å²) in [5.74, 6) is 0.910. The van der Waals surface area contributed by atoms with Gasteiger partial charge in [-0.2, -0.15) is 0 Å². The first-order chi connectivity index (χ1) is 17.7. The normalized spacial score (nSPS) is 11.1. The lowest BCUT2D eigenvalue weighted by Gasteiger charge is -2.26. The lowest BCUT2D eigenvalue weighted by molar-refractivity contribution is -0.119. The van der Waals surface area contributed by atoms with Crippen molar-refractivity contribution in [1.82, 2.24) is 5.32 Å². The Morgan fingerprint density at radius 1 is 0.865 bits per heavy atom. The van der Waals surface area contributed by atoms with Crippen molar-refractivity contribution in [1.29, 1.82) is 0 Å². The molecule has 1 amide bonds. The number of amides is 1. The molecule has 0 saturated carbocycles. The summed E-state index contributed by atoms with van der Waals surface area (Å²) in [4.78, 5) is 13.8. The van der Waals surface area contributed by atoms with E-state index in [-0.39, 0.29) is 27.1 Å². The van der Waals surface area contributed by atoms with Crippen molar-refractivity contribution in [2.75, 3.05) is 44.5 Å². The minimum Gasteiger partial charge on any atom is -0.495 e. The minimum absolute atomic E-state index is 0.0988. The highest BCUT2D eigenvalue weighted by Crippen LogP contribution is 2.37. The highest BCUT2D eigenvalue weighted by atomic mass is 35.5. The molecule has 0 spiro atoms. The number of rotatable bonds is 12. The Hall–Kier alpha value is -2.79. The van der Waals surface area contributed by atoms with Gasteiger partial charge in [0.2, 0.25) is 5.91 Å². The van der Waals surface area contributed by atoms with E-state index < -0.39 is 22.5 Å². The maximum absolute atomic E-state index is 13.8. The number of thioether (sulfide) groups is 1. The van der Waals surface area contributed by atoms with Gasteiger partial charge in [-0.15, -0.1) is 11.8 Å². The molecule has 0 unspecified atom stereocenters. The molecule has 0 atom stereocenters. The molecular formula is C25H26Cl2N2O6S2. The van der Waals surface area contributed by atoms with Gasteiger partial charge in [0.25, 0.3) is 10.0 Å². The van der Waals surface area contributed by atoms with Crippen LogP contribution in [0.1, 0.15) is 0 Å². The van der Waals surface area contributed by atoms with E-state index in [0.717, 1.165) is 9.20 Å². The second kappa shape index (κ2) is 13.1. The third-order valence-corrected chi connectivity index (χ3v) is 8.40. The first kappa shape index (κ1) is 28.8. The van der Waals surface area contributed by atoms with Crippen LogP contribution in [0.5, 0.6) is 17.2 Å². The lowest BCUT2D eigenvalue weighted by atomic mass is 10.3. The topological polar surface area (TPSA) is 94.2 Å². The highest BCUT2D eigenvalue weighted by molar-refractivity contribution is 7.99. The SMILES string of the molecule is COc1ccc(S(=O)(=O)N(CC(=O)NCCSc2ccc(Cl)cc2)c2cc(Cl)ccc2OC)cc1OC. The predicted molar refractivity (Wildman–Crippen MR) is 147 cm³/mol. The number of nitrogens with zero attached hydrogens (tertiary/aromatic N) is 1. The monoisotopic (exact) mass is 584 g/mol. The molecule has 3 aromatic rings. The molecule has 8 nitrogen and oxygen atoms in total. The molecule has 3 aromatic carbocycles. The number of halogens is 2. The van der Waals surface area contributed by atoms with E-state index >= 15 is 0 Å². The number of nitrogens with one attached hydrogen (secondary N) is 1. The van der Waals surface area contributed by atoms with Gasteiger partial charge in [-0.25, -0.2) is 8.42 Å². The Kier molecular flexibility index (Phi) is 10.2. The van der Waals surface area contributed by atoms with E-state index in [9.17, 15) is 13.2 Å². The molecule has 3 rings (SSSR count). The summed E-state index contributed by atoms with van der Waals surface area (Å²) in [6.07, 6.45) is 0. The van der Waals surface area contributed by atoms with Gasteiger partial charge in [0, 0.05) is 33.3 Å². The van der Waals surface area contributed by atoms with Gasteiger partial charge in [-0.1, -0.05) is 23.2 Å². The fraction of sp³-hybridized carbons (Fsp3) is 0.240. The molecule has 37 heavy (non-hydrogen) atoms. The van der Waals surface area contributed by atoms with E-state index in [1.165, 1.54) is 63.4 Å². The molecule has 0 fully saturated rings. The van der Waals surface area contributed by atoms with Crippen LogP contribution in [0, 0.1) is 0 Å². The maximum Gasteiger partial charge on any atom is 0.265 e. The van der Waals surface area contributed by atoms with Gasteiger partial charge in [-0.3, -0.25) is 9.10 Å². The molecule has 0 aromatic heterocycles. The zero-order valence-electron chi connectivity index (χ0n) is 20.4. The molecule has 198 valence electrons. The van der Waals surface area contributed by atoms with E-state index in [2.05, 4.69) is 5.32 Å². The molecule has 0 aliphatic carbocycles. The number of anilines is 1. The van der Waals surface area contributed by atoms with Crippen molar-refractivity contribution >= 4 is 56.6 Å². The summed E-state index contributed by atoms with van der Waals surface area (Å²) in [7, 11) is 0.00499. The molecule has 0 aliphatic rings. The van der Waals surface area contributed by atoms with Crippen molar-refractivity contribution in [3.8, 4) is 17.2 Å². The largest absolute Gasteiger partial charge is 0.495 e. The number of benzene rings is 3. The van der Waals surface area contributed by atoms with Gasteiger partial charge < -0.3 is 19.5 Å². The van der Waals surface area contributed by atoms with E-state index in [1.54, 1.807) is 18.2 Å². The van der Waals surface area contributed by atoms with Crippen LogP contribution >= 0.6 is 35.0 Å². The number of hydrogen-bond donors (Lipinski definition) is 1. The number of ether oxygens (including phenoxy) is 3. The zero-order valence-corrected chi connectivity index (χ0v) is 23.5. The number of carbonyl (C=O) groups is 1. The molecule has 12 heteroatoms. The molecule has 0 saturated heterocycles. The lowest BCUT2D eigenvalue weighted by Crippen LogP contribution is -2.41. The van der Waals surface area contributed by atoms with E-state index in [0.29, 0.717) is 23.1 Å². The first-order valence-corrected chi connectivity index (χ1v) is 14.1. The van der Waals surface area contributed by atoms with Crippen molar-refractivity contribution in [3.63, 3.8) is 0 Å². The average Bonchev–Trinajstić information content (AvgIpc) is 2.90. The van der Waals surface area contributed by atoms with Crippen LogP contribution in [0.15, 0.2) is 70.5 Å². The zero-order chi connectivity index (χ0) is 27.0. The summed E-state index contributed by atoms with van der Waals surface area (Å²) in [6, 6.07) is 16.1. The van der Waals surface area contributed by atoms with Crippen LogP contribution in [0.3, 0.4) is 0 Å². The summed E-state index contributed by atoms with van der Waals surface area (Å²) >= 11 is 13.6. The quantitative estimate of drug-likeness (QED) is 0.233. The van der Waals surface area contributed by atoms with Crippen LogP contribution < -0.4 is 23.8 Å². The van der Waals surface area contributed by atoms with Gasteiger partial charge in [0.15, 0.2) is 11.5 Å². The number of hydrogen-bond acceptors (Lipinski definition) is 7. The second-order valence-corrected chi connectivity index (χ2v) is 11.4. The van der Waals surface area contributed by atoms with E-state index in [1.807, 2.05) is 12.1 Å². The Morgan fingerprint density at radius 3 is 2.14 bits per heavy atom. The van der Waals surface area contributed by atoms with Gasteiger partial charge in [0.1, 0.15) is 12.3 Å². The fourth-order valence-electron chi connectivity index (χ4n) is 3.34. The number of methoxy groups -OCH3 is 3. The average molecular weight is 586 g/mol. The smallest absolute Gasteiger partial charge is 0.265 e. The standard InChI is InChI=1S/C25H26Cl2N2O6S2/c1-33-22-10-6-18(27)14-21(22)29(37(31,32)20-9-11-23(34-2)24(15-20)35-3)16-25(30)28-12-13-36-19-7-4-17(26)5-8-19/h4-11,14-15H,12-13,16H2,1-3H3,(H,28,30). The van der Waals surface area contributed by atoms with Crippen LogP contribution in [0.2, 0.25) is 10.0 Å². The van der Waals surface area contributed by atoms with Crippen molar-refractivity contribution in [2.45, 2.75) is 9.79 Å². The highest BCUT2D eigenvalue weighted by Gasteiger charge is 2.30. The van der Waals surface area contributed by atoms with Crippen LogP contribution in [0.25, 0.3) is 0 Å². The Bertz CT molecular complexity index is 1340. The summed E-state index contributed by atoms with van der Waals surface area (Å²) < 4.78 is 44.4. The van der Waals surface area contributed by atoms with Crippen LogP contribution in [-0.4, -0.2) is 54.5 Å². The predicted octanol–water partition coefficient (Wildman–Crippen LogP) is 5.12. The fourth-order valence-corrected chi connectivity index (χ4v) is 5.84. The first-order valence-electron chi connectivity index (χ1n) is 10.9. The third kappa shape index (κ3) is 7.38. The van der Waals surface area contributed by atoms with Gasteiger partial charge in [-0.05, 0) is 54.6 Å². The molecule has 0 heterocycles. The summed E-state index contributed by atoms with van der Waals surface area (Å²) in [5, 5.41) is 3.69. The van der Waals surface area contributed by atoms with Gasteiger partial charge >= 0.3 is 0 Å². The molecule has 0 radical (unpaired) electrons. The van der Waals surface area contributed by atoms with Crippen molar-refractivity contribution in [2.24, 2.45) is 0 Å². The molecule has 0 aliphatic heterocycles. The Balaban J connectivity index is 1.85. The molecule has 1 N–H and O–H groups in total. The molecule has 0 bridgehead atoms. The Morgan fingerprint density at radius 2 is 1.49 bits per heavy atom. The van der Waals surface area contributed by atoms with E-state index in [4.69, 9.17) is 37.4 Å². The van der Waals surface area contributed by atoms with Crippen LogP contribution in [-0.2, 0) is 14.8 Å². The number of carbonyl (C=O) groups excluding carboxylic acids is 1. The van der Waals surface area contributed by atoms with Crippen molar-refractivity contribution < 1.29 is 27.4 Å². The second-order valence-electron chi connectivity index (χ2n) is 7.50. The Labute approximate surface area is 230 Å². The van der Waals surface area contributed by atoms with Crippen molar-refractivity contribution in [3.05, 3.63) is 70.7 Å². The summed E-state index contributed by atoms with van der Waals surface area (Å²) in [6.45, 7) is -0.179. The third-order valence-electron chi connectivity index (χ3n) is 5.15.